The van der Waals surface area contributed by atoms with Gasteiger partial charge in [0.1, 0.15) is 0 Å². The number of halogens is 4. The van der Waals surface area contributed by atoms with Crippen molar-refractivity contribution in [2.75, 3.05) is 11.1 Å². The van der Waals surface area contributed by atoms with Crippen LogP contribution in [0.3, 0.4) is 0 Å². The second kappa shape index (κ2) is 4.09. The molecule has 0 bridgehead atoms. The van der Waals surface area contributed by atoms with E-state index in [0.29, 0.717) is 6.92 Å². The average Bonchev–Trinajstić information content (AvgIpc) is 2.38. The van der Waals surface area contributed by atoms with E-state index in [2.05, 4.69) is 15.9 Å². The minimum atomic E-state index is -5.76. The van der Waals surface area contributed by atoms with Crippen molar-refractivity contribution in [3.63, 3.8) is 0 Å². The molecule has 0 spiro atoms. The zero-order valence-electron chi connectivity index (χ0n) is 8.66. The first kappa shape index (κ1) is 15.2. The van der Waals surface area contributed by atoms with Gasteiger partial charge in [-0.1, -0.05) is 15.9 Å². The van der Waals surface area contributed by atoms with Gasteiger partial charge in [0.05, 0.1) is 5.75 Å². The molecule has 0 aromatic carbocycles. The summed E-state index contributed by atoms with van der Waals surface area (Å²) in [5.74, 6) is -1.64. The van der Waals surface area contributed by atoms with E-state index < -0.39 is 40.9 Å². The Morgan fingerprint density at radius 2 is 1.88 bits per heavy atom. The molecule has 0 radical (unpaired) electrons. The van der Waals surface area contributed by atoms with Crippen molar-refractivity contribution >= 4 is 35.6 Å². The van der Waals surface area contributed by atoms with Gasteiger partial charge in [-0.05, 0) is 13.3 Å². The van der Waals surface area contributed by atoms with Crippen molar-refractivity contribution in [1.29, 1.82) is 0 Å². The average molecular weight is 359 g/mol. The molecule has 0 amide bonds. The van der Waals surface area contributed by atoms with Gasteiger partial charge in [-0.2, -0.15) is 13.2 Å². The van der Waals surface area contributed by atoms with Crippen LogP contribution in [0, 0.1) is 5.92 Å². The van der Waals surface area contributed by atoms with Gasteiger partial charge in [-0.3, -0.25) is 0 Å². The smallest absolute Gasteiger partial charge is 0.227 e. The normalized spacial score (nSPS) is 33.8. The fraction of sp³-hybridized carbons (Fsp3) is 1.00. The van der Waals surface area contributed by atoms with E-state index in [9.17, 15) is 30.0 Å². The van der Waals surface area contributed by atoms with Gasteiger partial charge < -0.3 is 0 Å². The van der Waals surface area contributed by atoms with Gasteiger partial charge >= 0.3 is 5.51 Å². The molecule has 1 heterocycles. The molecular formula is C7H10BrF3O4S2. The SMILES string of the molecule is CC1(S(=O)(=O)C(F)(F)F)C(CBr)CCS1(=O)=O. The summed E-state index contributed by atoms with van der Waals surface area (Å²) < 4.78 is 80.9. The largest absolute Gasteiger partial charge is 0.498 e. The summed E-state index contributed by atoms with van der Waals surface area (Å²) in [5, 5.41) is -0.113. The van der Waals surface area contributed by atoms with Gasteiger partial charge in [-0.25, -0.2) is 16.8 Å². The summed E-state index contributed by atoms with van der Waals surface area (Å²) in [4.78, 5) is 0. The highest BCUT2D eigenvalue weighted by Crippen LogP contribution is 2.48. The zero-order chi connectivity index (χ0) is 13.7. The molecule has 0 saturated carbocycles. The van der Waals surface area contributed by atoms with Gasteiger partial charge in [0, 0.05) is 11.2 Å². The van der Waals surface area contributed by atoms with Crippen LogP contribution in [0.4, 0.5) is 13.2 Å². The maximum absolute atomic E-state index is 12.5. The lowest BCUT2D eigenvalue weighted by atomic mass is 10.1. The van der Waals surface area contributed by atoms with Gasteiger partial charge in [-0.15, -0.1) is 0 Å². The van der Waals surface area contributed by atoms with Crippen LogP contribution >= 0.6 is 15.9 Å². The predicted molar refractivity (Wildman–Crippen MR) is 59.1 cm³/mol. The van der Waals surface area contributed by atoms with Crippen LogP contribution < -0.4 is 0 Å². The van der Waals surface area contributed by atoms with Gasteiger partial charge in [0.2, 0.25) is 0 Å². The number of hydrogen-bond donors (Lipinski definition) is 0. The summed E-state index contributed by atoms with van der Waals surface area (Å²) in [6, 6.07) is 0. The molecule has 10 heteroatoms. The second-order valence-corrected chi connectivity index (χ2v) is 9.63. The van der Waals surface area contributed by atoms with Crippen LogP contribution in [0.2, 0.25) is 0 Å². The topological polar surface area (TPSA) is 68.3 Å². The van der Waals surface area contributed by atoms with Crippen molar-refractivity contribution in [3.8, 4) is 0 Å². The molecule has 1 saturated heterocycles. The fourth-order valence-corrected chi connectivity index (χ4v) is 7.93. The van der Waals surface area contributed by atoms with E-state index in [4.69, 9.17) is 0 Å². The fourth-order valence-electron chi connectivity index (χ4n) is 1.85. The monoisotopic (exact) mass is 358 g/mol. The van der Waals surface area contributed by atoms with Crippen molar-refractivity contribution in [2.24, 2.45) is 5.92 Å². The number of alkyl halides is 4. The summed E-state index contributed by atoms with van der Waals surface area (Å²) in [5.41, 5.74) is -5.57. The van der Waals surface area contributed by atoms with E-state index in [0.717, 1.165) is 0 Å². The Labute approximate surface area is 106 Å². The van der Waals surface area contributed by atoms with E-state index in [1.165, 1.54) is 0 Å². The molecule has 0 aromatic heterocycles. The molecule has 1 rings (SSSR count). The van der Waals surface area contributed by atoms with Crippen LogP contribution in [0.25, 0.3) is 0 Å². The molecule has 4 nitrogen and oxygen atoms in total. The first-order valence-electron chi connectivity index (χ1n) is 4.51. The minimum absolute atomic E-state index is 0.0978. The molecular weight excluding hydrogens is 349 g/mol. The van der Waals surface area contributed by atoms with Crippen molar-refractivity contribution in [1.82, 2.24) is 0 Å². The summed E-state index contributed by atoms with van der Waals surface area (Å²) in [6.07, 6.45) is -0.0978. The van der Waals surface area contributed by atoms with Gasteiger partial charge in [0.25, 0.3) is 9.84 Å². The Balaban J connectivity index is 3.54. The molecule has 2 atom stereocenters. The highest BCUT2D eigenvalue weighted by Gasteiger charge is 2.68. The molecule has 2 unspecified atom stereocenters. The number of hydrogen-bond acceptors (Lipinski definition) is 4. The Morgan fingerprint density at radius 1 is 1.41 bits per heavy atom. The lowest BCUT2D eigenvalue weighted by Gasteiger charge is -2.29. The third-order valence-electron chi connectivity index (χ3n) is 3.12. The Hall–Kier alpha value is 0.170. The second-order valence-electron chi connectivity index (χ2n) is 3.92. The summed E-state index contributed by atoms with van der Waals surface area (Å²) >= 11 is 2.87. The van der Waals surface area contributed by atoms with E-state index in [1.807, 2.05) is 0 Å². The van der Waals surface area contributed by atoms with E-state index in [1.54, 1.807) is 0 Å². The van der Waals surface area contributed by atoms with Crippen LogP contribution in [0.5, 0.6) is 0 Å². The highest BCUT2D eigenvalue weighted by molar-refractivity contribution is 9.09. The first-order chi connectivity index (χ1) is 7.42. The Kier molecular flexibility index (Phi) is 3.66. The van der Waals surface area contributed by atoms with Crippen LogP contribution in [-0.4, -0.2) is 37.5 Å². The molecule has 102 valence electrons. The molecule has 0 aliphatic carbocycles. The van der Waals surface area contributed by atoms with Crippen LogP contribution in [-0.2, 0) is 19.7 Å². The molecule has 17 heavy (non-hydrogen) atoms. The Bertz CT molecular complexity index is 510. The van der Waals surface area contributed by atoms with Crippen molar-refractivity contribution < 1.29 is 30.0 Å². The molecule has 1 aliphatic rings. The maximum Gasteiger partial charge on any atom is 0.498 e. The third-order valence-corrected chi connectivity index (χ3v) is 9.67. The van der Waals surface area contributed by atoms with Crippen molar-refractivity contribution in [3.05, 3.63) is 0 Å². The van der Waals surface area contributed by atoms with Crippen molar-refractivity contribution in [2.45, 2.75) is 22.9 Å². The van der Waals surface area contributed by atoms with Crippen LogP contribution in [0.15, 0.2) is 0 Å². The molecule has 0 aromatic rings. The first-order valence-corrected chi connectivity index (χ1v) is 8.76. The summed E-state index contributed by atoms with van der Waals surface area (Å²) in [6.45, 7) is 0.643. The van der Waals surface area contributed by atoms with E-state index >= 15 is 0 Å². The quantitative estimate of drug-likeness (QED) is 0.701. The van der Waals surface area contributed by atoms with Crippen LogP contribution in [0.1, 0.15) is 13.3 Å². The van der Waals surface area contributed by atoms with Gasteiger partial charge in [0.15, 0.2) is 13.9 Å². The summed E-state index contributed by atoms with van der Waals surface area (Å²) in [7, 11) is -10.1. The standard InChI is InChI=1S/C7H10BrF3O4S2/c1-6(17(14,15)7(9,10)11)5(4-8)2-3-16(6,12)13/h5H,2-4H2,1H3. The zero-order valence-corrected chi connectivity index (χ0v) is 11.9. The Morgan fingerprint density at radius 3 is 2.24 bits per heavy atom. The lowest BCUT2D eigenvalue weighted by Crippen LogP contribution is -2.51. The van der Waals surface area contributed by atoms with E-state index in [-0.39, 0.29) is 11.8 Å². The third kappa shape index (κ3) is 1.92. The number of sulfone groups is 2. The predicted octanol–water partition coefficient (Wildman–Crippen LogP) is 1.47. The molecule has 1 fully saturated rings. The lowest BCUT2D eigenvalue weighted by molar-refractivity contribution is -0.0452. The number of rotatable bonds is 2. The highest BCUT2D eigenvalue weighted by atomic mass is 79.9. The molecule has 1 aliphatic heterocycles. The molecule has 0 N–H and O–H groups in total. The maximum atomic E-state index is 12.5. The minimum Gasteiger partial charge on any atom is -0.227 e.